The van der Waals surface area contributed by atoms with Crippen LogP contribution < -0.4 is 9.47 Å². The van der Waals surface area contributed by atoms with Gasteiger partial charge in [0.05, 0.1) is 14.2 Å². The first-order valence-corrected chi connectivity index (χ1v) is 6.56. The first-order valence-electron chi connectivity index (χ1n) is 6.19. The minimum atomic E-state index is -0.797. The summed E-state index contributed by atoms with van der Waals surface area (Å²) in [4.78, 5) is 10.6. The highest BCUT2D eigenvalue weighted by atomic mass is 35.5. The van der Waals surface area contributed by atoms with Gasteiger partial charge in [0, 0.05) is 23.1 Å². The Morgan fingerprint density at radius 3 is 2.47 bits per heavy atom. The van der Waals surface area contributed by atoms with Crippen LogP contribution in [0.5, 0.6) is 11.5 Å². The summed E-state index contributed by atoms with van der Waals surface area (Å²) in [6, 6.07) is 1.72. The number of methoxy groups -OCH3 is 2. The van der Waals surface area contributed by atoms with Crippen LogP contribution in [0, 0.1) is 0 Å². The summed E-state index contributed by atoms with van der Waals surface area (Å²) in [6.45, 7) is 2.01. The Balaban J connectivity index is 3.11. The van der Waals surface area contributed by atoms with Crippen LogP contribution in [0.3, 0.4) is 0 Å². The molecule has 0 bridgehead atoms. The molecule has 1 aromatic carbocycles. The molecule has 0 saturated carbocycles. The third-order valence-corrected chi connectivity index (χ3v) is 3.34. The van der Waals surface area contributed by atoms with Crippen molar-refractivity contribution in [1.29, 1.82) is 0 Å². The van der Waals surface area contributed by atoms with E-state index in [-0.39, 0.29) is 6.42 Å². The van der Waals surface area contributed by atoms with E-state index in [0.717, 1.165) is 17.5 Å². The number of aliphatic carboxylic acids is 1. The van der Waals surface area contributed by atoms with Gasteiger partial charge in [-0.05, 0) is 24.8 Å². The third-order valence-electron chi connectivity index (χ3n) is 3.00. The van der Waals surface area contributed by atoms with Gasteiger partial charge in [-0.15, -0.1) is 0 Å². The van der Waals surface area contributed by atoms with Crippen LogP contribution in [0.15, 0.2) is 6.07 Å². The smallest absolute Gasteiger partial charge is 0.303 e. The van der Waals surface area contributed by atoms with Gasteiger partial charge >= 0.3 is 5.97 Å². The Hall–Kier alpha value is -1.42. The van der Waals surface area contributed by atoms with Crippen molar-refractivity contribution in [3.05, 3.63) is 22.2 Å². The van der Waals surface area contributed by atoms with E-state index in [1.54, 1.807) is 20.3 Å². The molecule has 0 spiro atoms. The topological polar surface area (TPSA) is 55.8 Å². The van der Waals surface area contributed by atoms with Crippen LogP contribution in [0.4, 0.5) is 0 Å². The van der Waals surface area contributed by atoms with E-state index in [2.05, 4.69) is 0 Å². The molecule has 0 aliphatic heterocycles. The van der Waals surface area contributed by atoms with Crippen molar-refractivity contribution in [3.8, 4) is 11.5 Å². The predicted octanol–water partition coefficient (Wildman–Crippen LogP) is 3.33. The van der Waals surface area contributed by atoms with E-state index in [4.69, 9.17) is 26.2 Å². The van der Waals surface area contributed by atoms with Gasteiger partial charge in [0.25, 0.3) is 0 Å². The fourth-order valence-corrected chi connectivity index (χ4v) is 2.44. The van der Waals surface area contributed by atoms with Crippen LogP contribution in [-0.4, -0.2) is 25.3 Å². The van der Waals surface area contributed by atoms with Gasteiger partial charge in [-0.25, -0.2) is 0 Å². The van der Waals surface area contributed by atoms with Gasteiger partial charge < -0.3 is 14.6 Å². The molecule has 1 aromatic rings. The lowest BCUT2D eigenvalue weighted by atomic mass is 9.98. The van der Waals surface area contributed by atoms with Gasteiger partial charge in [0.1, 0.15) is 0 Å². The van der Waals surface area contributed by atoms with Crippen LogP contribution >= 0.6 is 11.6 Å². The van der Waals surface area contributed by atoms with Gasteiger partial charge in [0.15, 0.2) is 11.5 Å². The van der Waals surface area contributed by atoms with Crippen molar-refractivity contribution in [1.82, 2.24) is 0 Å². The Morgan fingerprint density at radius 2 is 2.00 bits per heavy atom. The third kappa shape index (κ3) is 3.77. The highest BCUT2D eigenvalue weighted by Crippen LogP contribution is 2.39. The average molecular weight is 287 g/mol. The average Bonchev–Trinajstić information content (AvgIpc) is 2.38. The summed E-state index contributed by atoms with van der Waals surface area (Å²) in [5.41, 5.74) is 1.93. The zero-order valence-corrected chi connectivity index (χ0v) is 12.2. The van der Waals surface area contributed by atoms with Crippen LogP contribution in [0.1, 0.15) is 30.9 Å². The zero-order chi connectivity index (χ0) is 14.4. The molecular weight excluding hydrogens is 268 g/mol. The summed E-state index contributed by atoms with van der Waals surface area (Å²) in [5.74, 6) is 0.487. The number of hydrogen-bond acceptors (Lipinski definition) is 3. The van der Waals surface area contributed by atoms with Crippen LogP contribution in [0.2, 0.25) is 5.02 Å². The number of benzene rings is 1. The first-order chi connectivity index (χ1) is 9.04. The molecular formula is C14H19ClO4. The van der Waals surface area contributed by atoms with E-state index >= 15 is 0 Å². The molecule has 1 rings (SSSR count). The predicted molar refractivity (Wildman–Crippen MR) is 74.5 cm³/mol. The molecule has 0 aromatic heterocycles. The molecule has 106 valence electrons. The van der Waals surface area contributed by atoms with E-state index in [1.165, 1.54) is 0 Å². The summed E-state index contributed by atoms with van der Waals surface area (Å²) < 4.78 is 10.6. The molecule has 0 heterocycles. The molecule has 0 saturated heterocycles. The number of carbonyl (C=O) groups is 1. The summed E-state index contributed by atoms with van der Waals surface area (Å²) in [6.07, 6.45) is 2.06. The standard InChI is InChI=1S/C14H19ClO4/c1-4-9-10(6-5-7-13(16)17)11(15)8-12(18-2)14(9)19-3/h8H,4-7H2,1-3H3,(H,16,17). The van der Waals surface area contributed by atoms with Gasteiger partial charge in [-0.3, -0.25) is 4.79 Å². The number of hydrogen-bond donors (Lipinski definition) is 1. The Bertz CT molecular complexity index is 457. The number of halogens is 1. The van der Waals surface area contributed by atoms with E-state index in [1.807, 2.05) is 6.92 Å². The number of carboxylic acids is 1. The first kappa shape index (κ1) is 15.6. The van der Waals surface area contributed by atoms with Gasteiger partial charge in [-0.1, -0.05) is 18.5 Å². The molecule has 5 heteroatoms. The number of carboxylic acid groups (broad SMARTS) is 1. The molecule has 0 radical (unpaired) electrons. The van der Waals surface area contributed by atoms with E-state index < -0.39 is 5.97 Å². The Labute approximate surface area is 118 Å². The zero-order valence-electron chi connectivity index (χ0n) is 11.5. The SMILES string of the molecule is CCc1c(CCCC(=O)O)c(Cl)cc(OC)c1OC. The lowest BCUT2D eigenvalue weighted by molar-refractivity contribution is -0.137. The van der Waals surface area contributed by atoms with Crippen LogP contribution in [-0.2, 0) is 17.6 Å². The number of ether oxygens (including phenoxy) is 2. The van der Waals surface area contributed by atoms with Crippen molar-refractivity contribution in [2.24, 2.45) is 0 Å². The maximum Gasteiger partial charge on any atom is 0.303 e. The fraction of sp³-hybridized carbons (Fsp3) is 0.500. The van der Waals surface area contributed by atoms with Gasteiger partial charge in [0.2, 0.25) is 0 Å². The molecule has 0 amide bonds. The fourth-order valence-electron chi connectivity index (χ4n) is 2.13. The molecule has 0 fully saturated rings. The minimum Gasteiger partial charge on any atom is -0.493 e. The van der Waals surface area contributed by atoms with E-state index in [9.17, 15) is 4.79 Å². The normalized spacial score (nSPS) is 10.3. The summed E-state index contributed by atoms with van der Waals surface area (Å²) in [5, 5.41) is 9.29. The lowest BCUT2D eigenvalue weighted by Crippen LogP contribution is -2.03. The monoisotopic (exact) mass is 286 g/mol. The van der Waals surface area contributed by atoms with Crippen molar-refractivity contribution < 1.29 is 19.4 Å². The summed E-state index contributed by atoms with van der Waals surface area (Å²) >= 11 is 6.25. The highest BCUT2D eigenvalue weighted by Gasteiger charge is 2.17. The van der Waals surface area contributed by atoms with Crippen molar-refractivity contribution in [3.63, 3.8) is 0 Å². The van der Waals surface area contributed by atoms with Crippen molar-refractivity contribution >= 4 is 17.6 Å². The second-order valence-corrected chi connectivity index (χ2v) is 4.56. The molecule has 0 aliphatic carbocycles. The Kier molecular flexibility index (Phi) is 5.96. The molecule has 19 heavy (non-hydrogen) atoms. The van der Waals surface area contributed by atoms with Crippen molar-refractivity contribution in [2.75, 3.05) is 14.2 Å². The minimum absolute atomic E-state index is 0.133. The molecule has 0 aliphatic rings. The van der Waals surface area contributed by atoms with E-state index in [0.29, 0.717) is 29.4 Å². The van der Waals surface area contributed by atoms with Crippen LogP contribution in [0.25, 0.3) is 0 Å². The summed E-state index contributed by atoms with van der Waals surface area (Å²) in [7, 11) is 3.16. The maximum absolute atomic E-state index is 10.6. The Morgan fingerprint density at radius 1 is 1.32 bits per heavy atom. The van der Waals surface area contributed by atoms with Crippen molar-refractivity contribution in [2.45, 2.75) is 32.6 Å². The lowest BCUT2D eigenvalue weighted by Gasteiger charge is -2.17. The molecule has 0 atom stereocenters. The second-order valence-electron chi connectivity index (χ2n) is 4.15. The number of rotatable bonds is 7. The molecule has 1 N–H and O–H groups in total. The largest absolute Gasteiger partial charge is 0.493 e. The maximum atomic E-state index is 10.6. The van der Waals surface area contributed by atoms with Gasteiger partial charge in [-0.2, -0.15) is 0 Å². The molecule has 0 unspecified atom stereocenters. The second kappa shape index (κ2) is 7.24. The highest BCUT2D eigenvalue weighted by molar-refractivity contribution is 6.31. The molecule has 4 nitrogen and oxygen atoms in total. The quantitative estimate of drug-likeness (QED) is 0.835.